The summed E-state index contributed by atoms with van der Waals surface area (Å²) in [6, 6.07) is 17.4. The molecule has 0 radical (unpaired) electrons. The molecule has 0 saturated heterocycles. The van der Waals surface area contributed by atoms with Gasteiger partial charge in [-0.1, -0.05) is 30.3 Å². The maximum Gasteiger partial charge on any atom is 0.256 e. The Morgan fingerprint density at radius 3 is 2.64 bits per heavy atom. The van der Waals surface area contributed by atoms with E-state index >= 15 is 0 Å². The quantitative estimate of drug-likeness (QED) is 0.761. The molecule has 142 valence electrons. The molecule has 1 N–H and O–H groups in total. The zero-order valence-corrected chi connectivity index (χ0v) is 16.0. The van der Waals surface area contributed by atoms with Crippen molar-refractivity contribution in [2.75, 3.05) is 16.8 Å². The predicted molar refractivity (Wildman–Crippen MR) is 109 cm³/mol. The molecule has 0 unspecified atom stereocenters. The van der Waals surface area contributed by atoms with E-state index in [1.54, 1.807) is 22.6 Å². The smallest absolute Gasteiger partial charge is 0.256 e. The fourth-order valence-electron chi connectivity index (χ4n) is 3.58. The number of anilines is 2. The standard InChI is InChI=1S/C22H22N4O2/c1-15-12-21(26(24-15)14-17-6-4-3-5-7-17)23-22(28)19-8-9-20-18(13-19)10-11-25(20)16(2)27/h3-9,12-13H,10-11,14H2,1-2H3,(H,23,28). The number of nitrogens with one attached hydrogen (secondary N) is 1. The van der Waals surface area contributed by atoms with Gasteiger partial charge in [0.05, 0.1) is 12.2 Å². The van der Waals surface area contributed by atoms with Gasteiger partial charge < -0.3 is 10.2 Å². The predicted octanol–water partition coefficient (Wildman–Crippen LogP) is 3.40. The molecular formula is C22H22N4O2. The van der Waals surface area contributed by atoms with Crippen molar-refractivity contribution in [3.05, 3.63) is 77.0 Å². The number of aromatic nitrogens is 2. The van der Waals surface area contributed by atoms with Crippen molar-refractivity contribution in [3.63, 3.8) is 0 Å². The number of carbonyl (C=O) groups is 2. The van der Waals surface area contributed by atoms with Crippen LogP contribution in [0.2, 0.25) is 0 Å². The van der Waals surface area contributed by atoms with Gasteiger partial charge in [-0.25, -0.2) is 4.68 Å². The molecule has 1 aliphatic heterocycles. The Morgan fingerprint density at radius 2 is 1.89 bits per heavy atom. The molecule has 3 aromatic rings. The van der Waals surface area contributed by atoms with E-state index in [-0.39, 0.29) is 11.8 Å². The van der Waals surface area contributed by atoms with Crippen molar-refractivity contribution in [1.29, 1.82) is 0 Å². The summed E-state index contributed by atoms with van der Waals surface area (Å²) in [5.74, 6) is 0.506. The van der Waals surface area contributed by atoms with Crippen molar-refractivity contribution in [1.82, 2.24) is 9.78 Å². The van der Waals surface area contributed by atoms with E-state index in [4.69, 9.17) is 0 Å². The van der Waals surface area contributed by atoms with Gasteiger partial charge in [0.2, 0.25) is 5.91 Å². The molecule has 0 saturated carbocycles. The summed E-state index contributed by atoms with van der Waals surface area (Å²) >= 11 is 0. The average Bonchev–Trinajstić information content (AvgIpc) is 3.25. The van der Waals surface area contributed by atoms with Crippen LogP contribution in [0.5, 0.6) is 0 Å². The van der Waals surface area contributed by atoms with Crippen LogP contribution in [-0.4, -0.2) is 28.1 Å². The zero-order valence-electron chi connectivity index (χ0n) is 16.0. The topological polar surface area (TPSA) is 67.2 Å². The highest BCUT2D eigenvalue weighted by Crippen LogP contribution is 2.29. The number of nitrogens with zero attached hydrogens (tertiary/aromatic N) is 3. The van der Waals surface area contributed by atoms with Gasteiger partial charge >= 0.3 is 0 Å². The molecule has 2 heterocycles. The summed E-state index contributed by atoms with van der Waals surface area (Å²) in [6.07, 6.45) is 0.765. The van der Waals surface area contributed by atoms with Crippen LogP contribution in [0, 0.1) is 6.92 Å². The molecule has 28 heavy (non-hydrogen) atoms. The number of aryl methyl sites for hydroxylation is 1. The molecule has 0 bridgehead atoms. The highest BCUT2D eigenvalue weighted by Gasteiger charge is 2.23. The normalized spacial score (nSPS) is 12.7. The molecule has 0 aliphatic carbocycles. The molecular weight excluding hydrogens is 352 g/mol. The molecule has 6 nitrogen and oxygen atoms in total. The lowest BCUT2D eigenvalue weighted by atomic mass is 10.1. The van der Waals surface area contributed by atoms with Crippen LogP contribution in [0.1, 0.15) is 34.1 Å². The molecule has 1 aliphatic rings. The summed E-state index contributed by atoms with van der Waals surface area (Å²) in [6.45, 7) is 4.72. The van der Waals surface area contributed by atoms with Crippen LogP contribution in [0.4, 0.5) is 11.5 Å². The van der Waals surface area contributed by atoms with E-state index in [2.05, 4.69) is 10.4 Å². The van der Waals surface area contributed by atoms with Gasteiger partial charge in [-0.2, -0.15) is 5.10 Å². The lowest BCUT2D eigenvalue weighted by molar-refractivity contribution is -0.116. The number of carbonyl (C=O) groups excluding carboxylic acids is 2. The average molecular weight is 374 g/mol. The first-order chi connectivity index (χ1) is 13.5. The Kier molecular flexibility index (Phi) is 4.69. The fraction of sp³-hybridized carbons (Fsp3) is 0.227. The van der Waals surface area contributed by atoms with Gasteiger partial charge in [0.1, 0.15) is 5.82 Å². The fourth-order valence-corrected chi connectivity index (χ4v) is 3.58. The van der Waals surface area contributed by atoms with Crippen molar-refractivity contribution in [3.8, 4) is 0 Å². The minimum atomic E-state index is -0.182. The van der Waals surface area contributed by atoms with Gasteiger partial charge in [-0.3, -0.25) is 9.59 Å². The second kappa shape index (κ2) is 7.31. The molecule has 0 fully saturated rings. The minimum absolute atomic E-state index is 0.0243. The van der Waals surface area contributed by atoms with Gasteiger partial charge in [-0.05, 0) is 42.7 Å². The van der Waals surface area contributed by atoms with E-state index in [9.17, 15) is 9.59 Å². The maximum atomic E-state index is 12.8. The van der Waals surface area contributed by atoms with Gasteiger partial charge in [0, 0.05) is 30.8 Å². The van der Waals surface area contributed by atoms with Crippen LogP contribution >= 0.6 is 0 Å². The van der Waals surface area contributed by atoms with E-state index in [1.165, 1.54) is 0 Å². The number of amides is 2. The monoisotopic (exact) mass is 374 g/mol. The Bertz CT molecular complexity index is 1040. The van der Waals surface area contributed by atoms with E-state index in [0.29, 0.717) is 24.5 Å². The van der Waals surface area contributed by atoms with Crippen molar-refractivity contribution < 1.29 is 9.59 Å². The Balaban J connectivity index is 1.54. The molecule has 6 heteroatoms. The maximum absolute atomic E-state index is 12.8. The molecule has 2 aromatic carbocycles. The Labute approximate surface area is 163 Å². The van der Waals surface area contributed by atoms with Crippen LogP contribution in [0.3, 0.4) is 0 Å². The number of benzene rings is 2. The second-order valence-corrected chi connectivity index (χ2v) is 7.03. The SMILES string of the molecule is CC(=O)N1CCc2cc(C(=O)Nc3cc(C)nn3Cc3ccccc3)ccc21. The summed E-state index contributed by atoms with van der Waals surface area (Å²) in [5.41, 5.74) is 4.46. The largest absolute Gasteiger partial charge is 0.312 e. The Hall–Kier alpha value is -3.41. The highest BCUT2D eigenvalue weighted by atomic mass is 16.2. The van der Waals surface area contributed by atoms with Crippen LogP contribution < -0.4 is 10.2 Å². The minimum Gasteiger partial charge on any atom is -0.312 e. The van der Waals surface area contributed by atoms with Crippen molar-refractivity contribution in [2.24, 2.45) is 0 Å². The van der Waals surface area contributed by atoms with Gasteiger partial charge in [0.25, 0.3) is 5.91 Å². The third-order valence-electron chi connectivity index (χ3n) is 4.94. The molecule has 0 atom stereocenters. The number of rotatable bonds is 4. The summed E-state index contributed by atoms with van der Waals surface area (Å²) in [7, 11) is 0. The first kappa shape index (κ1) is 18.0. The lowest BCUT2D eigenvalue weighted by Gasteiger charge is -2.15. The number of hydrogen-bond acceptors (Lipinski definition) is 3. The summed E-state index contributed by atoms with van der Waals surface area (Å²) < 4.78 is 1.80. The van der Waals surface area contributed by atoms with E-state index < -0.39 is 0 Å². The first-order valence-electron chi connectivity index (χ1n) is 9.32. The van der Waals surface area contributed by atoms with Gasteiger partial charge in [0.15, 0.2) is 0 Å². The van der Waals surface area contributed by atoms with Crippen LogP contribution in [0.15, 0.2) is 54.6 Å². The lowest BCUT2D eigenvalue weighted by Crippen LogP contribution is -2.25. The zero-order chi connectivity index (χ0) is 19.7. The van der Waals surface area contributed by atoms with Crippen molar-refractivity contribution in [2.45, 2.75) is 26.8 Å². The molecule has 1 aromatic heterocycles. The van der Waals surface area contributed by atoms with E-state index in [1.807, 2.05) is 55.5 Å². The molecule has 0 spiro atoms. The summed E-state index contributed by atoms with van der Waals surface area (Å²) in [4.78, 5) is 26.3. The summed E-state index contributed by atoms with van der Waals surface area (Å²) in [5, 5.41) is 7.47. The molecule has 2 amide bonds. The van der Waals surface area contributed by atoms with Crippen LogP contribution in [0.25, 0.3) is 0 Å². The van der Waals surface area contributed by atoms with Gasteiger partial charge in [-0.15, -0.1) is 0 Å². The number of hydrogen-bond donors (Lipinski definition) is 1. The highest BCUT2D eigenvalue weighted by molar-refractivity contribution is 6.05. The third-order valence-corrected chi connectivity index (χ3v) is 4.94. The second-order valence-electron chi connectivity index (χ2n) is 7.03. The van der Waals surface area contributed by atoms with Crippen LogP contribution in [-0.2, 0) is 17.8 Å². The van der Waals surface area contributed by atoms with E-state index in [0.717, 1.165) is 28.9 Å². The third kappa shape index (κ3) is 3.53. The first-order valence-corrected chi connectivity index (χ1v) is 9.32. The Morgan fingerprint density at radius 1 is 1.11 bits per heavy atom. The number of fused-ring (bicyclic) bond motifs is 1. The molecule has 4 rings (SSSR count). The van der Waals surface area contributed by atoms with Crippen molar-refractivity contribution >= 4 is 23.3 Å².